The van der Waals surface area contributed by atoms with Crippen molar-refractivity contribution in [3.63, 3.8) is 0 Å². The van der Waals surface area contributed by atoms with Gasteiger partial charge >= 0.3 is 0 Å². The molecule has 0 aliphatic carbocycles. The van der Waals surface area contributed by atoms with Gasteiger partial charge in [0.25, 0.3) is 5.24 Å². The van der Waals surface area contributed by atoms with Gasteiger partial charge in [0, 0.05) is 12.2 Å². The Morgan fingerprint density at radius 3 is 2.83 bits per heavy atom. The molecule has 0 saturated carbocycles. The maximum Gasteiger partial charge on any atom is 0.300 e. The third-order valence-electron chi connectivity index (χ3n) is 5.35. The van der Waals surface area contributed by atoms with E-state index in [9.17, 15) is 10.0 Å². The van der Waals surface area contributed by atoms with Crippen LogP contribution in [0, 0.1) is 0 Å². The molecule has 2 N–H and O–H groups in total. The molecular weight excluding hydrogens is 400 g/mol. The molecule has 2 aliphatic heterocycles. The molecule has 8 heteroatoms. The summed E-state index contributed by atoms with van der Waals surface area (Å²) in [4.78, 5) is 13.7. The Hall–Kier alpha value is -3.00. The normalized spacial score (nSPS) is 18.4. The molecule has 0 radical (unpaired) electrons. The van der Waals surface area contributed by atoms with Crippen LogP contribution in [0.25, 0.3) is 0 Å². The van der Waals surface area contributed by atoms with Crippen LogP contribution >= 0.6 is 11.8 Å². The second-order valence-electron chi connectivity index (χ2n) is 7.69. The van der Waals surface area contributed by atoms with E-state index in [0.717, 1.165) is 47.5 Å². The van der Waals surface area contributed by atoms with Gasteiger partial charge in [-0.05, 0) is 62.1 Å². The Balaban J connectivity index is 1.73. The molecule has 2 aromatic rings. The highest BCUT2D eigenvalue weighted by Gasteiger charge is 2.35. The zero-order chi connectivity index (χ0) is 21.3. The topological polar surface area (TPSA) is 86.5 Å². The molecule has 0 aromatic heterocycles. The highest BCUT2D eigenvalue weighted by atomic mass is 32.2. The fourth-order valence-electron chi connectivity index (χ4n) is 4.00. The molecule has 0 bridgehead atoms. The quantitative estimate of drug-likeness (QED) is 0.333. The van der Waals surface area contributed by atoms with Gasteiger partial charge in [0.1, 0.15) is 5.75 Å². The van der Waals surface area contributed by atoms with Crippen molar-refractivity contribution in [2.45, 2.75) is 31.4 Å². The van der Waals surface area contributed by atoms with Crippen molar-refractivity contribution >= 4 is 34.2 Å². The van der Waals surface area contributed by atoms with E-state index in [1.165, 1.54) is 11.8 Å². The number of amidine groups is 1. The lowest BCUT2D eigenvalue weighted by Crippen LogP contribution is -2.39. The van der Waals surface area contributed by atoms with E-state index in [4.69, 9.17) is 4.74 Å². The number of thioether (sulfide) groups is 1. The van der Waals surface area contributed by atoms with Crippen LogP contribution in [-0.2, 0) is 6.42 Å². The number of aryl methyl sites for hydroxylation is 1. The van der Waals surface area contributed by atoms with Gasteiger partial charge in [-0.1, -0.05) is 35.1 Å². The number of oxime groups is 1. The predicted octanol–water partition coefficient (Wildman–Crippen LogP) is 4.22. The minimum absolute atomic E-state index is 0.145. The summed E-state index contributed by atoms with van der Waals surface area (Å²) in [6.45, 7) is 4.74. The van der Waals surface area contributed by atoms with Crippen LogP contribution in [-0.4, -0.2) is 40.4 Å². The standard InChI is InChI=1S/C22H24N4O3S/c1-22(2)19(23-24-21(27)30-22)15-10-11-17-14(13-15)7-6-12-26(17)20(25-28)16-8-4-5-9-18(16)29-3/h4-5,8-11,13,28H,6-7,12H2,1-3H3,(H,24,27)/b25-20-. The van der Waals surface area contributed by atoms with Gasteiger partial charge in [-0.15, -0.1) is 0 Å². The first-order valence-electron chi connectivity index (χ1n) is 9.78. The number of fused-ring (bicyclic) bond motifs is 1. The van der Waals surface area contributed by atoms with Crippen molar-refractivity contribution in [3.8, 4) is 5.75 Å². The number of hydrazone groups is 1. The van der Waals surface area contributed by atoms with Gasteiger partial charge < -0.3 is 14.8 Å². The first-order chi connectivity index (χ1) is 14.4. The summed E-state index contributed by atoms with van der Waals surface area (Å²) in [5.74, 6) is 1.11. The van der Waals surface area contributed by atoms with Crippen molar-refractivity contribution in [3.05, 3.63) is 59.2 Å². The summed E-state index contributed by atoms with van der Waals surface area (Å²) in [6, 6.07) is 13.7. The number of benzene rings is 2. The highest BCUT2D eigenvalue weighted by molar-refractivity contribution is 8.15. The molecule has 2 heterocycles. The summed E-state index contributed by atoms with van der Waals surface area (Å²) in [5, 5.41) is 17.7. The van der Waals surface area contributed by atoms with Gasteiger partial charge in [0.2, 0.25) is 0 Å². The van der Waals surface area contributed by atoms with E-state index in [1.807, 2.05) is 55.1 Å². The van der Waals surface area contributed by atoms with Crippen molar-refractivity contribution in [2.24, 2.45) is 10.3 Å². The lowest BCUT2D eigenvalue weighted by atomic mass is 9.93. The summed E-state index contributed by atoms with van der Waals surface area (Å²) >= 11 is 1.24. The van der Waals surface area contributed by atoms with Gasteiger partial charge in [0.05, 0.1) is 23.1 Å². The number of carbonyl (C=O) groups excluding carboxylic acids is 1. The zero-order valence-corrected chi connectivity index (χ0v) is 18.0. The molecular formula is C22H24N4O3S. The average molecular weight is 425 g/mol. The number of anilines is 1. The Bertz CT molecular complexity index is 1050. The fraction of sp³-hybridized carbons (Fsp3) is 0.318. The van der Waals surface area contributed by atoms with E-state index in [1.54, 1.807) is 7.11 Å². The maximum absolute atomic E-state index is 11.7. The molecule has 0 spiro atoms. The van der Waals surface area contributed by atoms with Crippen LogP contribution in [0.4, 0.5) is 10.5 Å². The maximum atomic E-state index is 11.7. The first-order valence-corrected chi connectivity index (χ1v) is 10.6. The SMILES string of the molecule is COc1ccccc1/C(=N/O)N1CCCc2cc(C3=NNC(=O)SC3(C)C)ccc21. The van der Waals surface area contributed by atoms with E-state index in [2.05, 4.69) is 21.7 Å². The highest BCUT2D eigenvalue weighted by Crippen LogP contribution is 2.36. The molecule has 0 atom stereocenters. The largest absolute Gasteiger partial charge is 0.496 e. The number of nitrogens with zero attached hydrogens (tertiary/aromatic N) is 3. The van der Waals surface area contributed by atoms with Gasteiger partial charge in [-0.2, -0.15) is 5.10 Å². The smallest absolute Gasteiger partial charge is 0.300 e. The number of nitrogens with one attached hydrogen (secondary N) is 1. The molecule has 2 aromatic carbocycles. The first kappa shape index (κ1) is 20.3. The third-order valence-corrected chi connectivity index (χ3v) is 6.33. The van der Waals surface area contributed by atoms with E-state index < -0.39 is 4.75 Å². The van der Waals surface area contributed by atoms with E-state index in [0.29, 0.717) is 11.6 Å². The van der Waals surface area contributed by atoms with Crippen LogP contribution in [0.5, 0.6) is 5.75 Å². The molecule has 7 nitrogen and oxygen atoms in total. The van der Waals surface area contributed by atoms with Crippen LogP contribution in [0.1, 0.15) is 37.0 Å². The van der Waals surface area contributed by atoms with Crippen LogP contribution in [0.2, 0.25) is 0 Å². The molecule has 30 heavy (non-hydrogen) atoms. The van der Waals surface area contributed by atoms with Gasteiger partial charge in [-0.25, -0.2) is 5.43 Å². The molecule has 2 aliphatic rings. The molecule has 0 saturated heterocycles. The number of ether oxygens (including phenoxy) is 1. The number of hydrogen-bond acceptors (Lipinski definition) is 6. The van der Waals surface area contributed by atoms with Crippen LogP contribution in [0.3, 0.4) is 0 Å². The minimum atomic E-state index is -0.417. The molecule has 4 rings (SSSR count). The Morgan fingerprint density at radius 2 is 2.10 bits per heavy atom. The zero-order valence-electron chi connectivity index (χ0n) is 17.2. The second kappa shape index (κ2) is 8.02. The van der Waals surface area contributed by atoms with E-state index >= 15 is 0 Å². The summed E-state index contributed by atoms with van der Waals surface area (Å²) in [5.41, 5.74) is 7.27. The number of methoxy groups -OCH3 is 1. The van der Waals surface area contributed by atoms with Crippen LogP contribution < -0.4 is 15.1 Å². The molecule has 0 fully saturated rings. The average Bonchev–Trinajstić information content (AvgIpc) is 2.73. The second-order valence-corrected chi connectivity index (χ2v) is 9.29. The number of hydrogen-bond donors (Lipinski definition) is 2. The summed E-state index contributed by atoms with van der Waals surface area (Å²) < 4.78 is 5.05. The fourth-order valence-corrected chi connectivity index (χ4v) is 4.81. The van der Waals surface area contributed by atoms with E-state index in [-0.39, 0.29) is 5.24 Å². The van der Waals surface area contributed by atoms with Gasteiger partial charge in [0.15, 0.2) is 5.84 Å². The minimum Gasteiger partial charge on any atom is -0.496 e. The Labute approximate surface area is 179 Å². The van der Waals surface area contributed by atoms with Crippen molar-refractivity contribution < 1.29 is 14.7 Å². The monoisotopic (exact) mass is 424 g/mol. The number of amides is 1. The van der Waals surface area contributed by atoms with Crippen LogP contribution in [0.15, 0.2) is 52.7 Å². The lowest BCUT2D eigenvalue weighted by molar-refractivity contribution is 0.260. The number of para-hydroxylation sites is 1. The predicted molar refractivity (Wildman–Crippen MR) is 120 cm³/mol. The number of rotatable bonds is 3. The van der Waals surface area contributed by atoms with Crippen molar-refractivity contribution in [1.29, 1.82) is 0 Å². The third kappa shape index (κ3) is 3.63. The van der Waals surface area contributed by atoms with Gasteiger partial charge in [-0.3, -0.25) is 4.79 Å². The summed E-state index contributed by atoms with van der Waals surface area (Å²) in [7, 11) is 1.60. The molecule has 156 valence electrons. The summed E-state index contributed by atoms with van der Waals surface area (Å²) in [6.07, 6.45) is 1.84. The van der Waals surface area contributed by atoms with Crippen molar-refractivity contribution in [1.82, 2.24) is 5.43 Å². The number of carbonyl (C=O) groups is 1. The van der Waals surface area contributed by atoms with Crippen molar-refractivity contribution in [2.75, 3.05) is 18.6 Å². The Kier molecular flexibility index (Phi) is 5.42. The lowest BCUT2D eigenvalue weighted by Gasteiger charge is -2.33. The molecule has 0 unspecified atom stereocenters. The Morgan fingerprint density at radius 1 is 1.30 bits per heavy atom. The molecule has 1 amide bonds.